The minimum atomic E-state index is 0.0460. The highest BCUT2D eigenvalue weighted by Gasteiger charge is 2.54. The lowest BCUT2D eigenvalue weighted by molar-refractivity contribution is 0.220. The summed E-state index contributed by atoms with van der Waals surface area (Å²) in [6, 6.07) is 7.86. The molecule has 0 aromatic carbocycles. The van der Waals surface area contributed by atoms with Crippen LogP contribution < -0.4 is 0 Å². The molecule has 4 nitrogen and oxygen atoms in total. The van der Waals surface area contributed by atoms with E-state index in [1.54, 1.807) is 34.8 Å². The van der Waals surface area contributed by atoms with Gasteiger partial charge in [-0.15, -0.1) is 0 Å². The summed E-state index contributed by atoms with van der Waals surface area (Å²) in [4.78, 5) is 17.1. The van der Waals surface area contributed by atoms with Crippen molar-refractivity contribution in [2.75, 3.05) is 0 Å². The number of aromatic nitrogens is 4. The number of halogens is 4. The predicted octanol–water partition coefficient (Wildman–Crippen LogP) is 7.45. The molecule has 4 aromatic heterocycles. The highest BCUT2D eigenvalue weighted by Crippen LogP contribution is 2.66. The van der Waals surface area contributed by atoms with Crippen LogP contribution in [0.4, 0.5) is 0 Å². The van der Waals surface area contributed by atoms with Gasteiger partial charge in [0.05, 0.1) is 11.4 Å². The molecular weight excluding hydrogens is 502 g/mol. The molecule has 1 fully saturated rings. The summed E-state index contributed by atoms with van der Waals surface area (Å²) in [6.07, 6.45) is 0. The summed E-state index contributed by atoms with van der Waals surface area (Å²) in [5.41, 5.74) is 4.04. The minimum absolute atomic E-state index is 0.0460. The molecule has 1 saturated carbocycles. The Labute approximate surface area is 200 Å². The van der Waals surface area contributed by atoms with E-state index in [0.717, 1.165) is 11.4 Å². The standard InChI is InChI=1S/C20H12Cl4N4S2/c21-13-5-11(25-19(23)27-13)17-15(9-1-3-29-7-9)18(16(17)10-2-4-30-8-10)12-6-14(22)28-20(24)26-12/h1-8,15-18H. The molecule has 0 amide bonds. The molecule has 4 heterocycles. The molecular formula is C20H12Cl4N4S2. The molecule has 1 aliphatic rings. The van der Waals surface area contributed by atoms with Crippen molar-refractivity contribution >= 4 is 69.1 Å². The summed E-state index contributed by atoms with van der Waals surface area (Å²) < 4.78 is 0. The molecule has 30 heavy (non-hydrogen) atoms. The molecule has 0 bridgehead atoms. The fraction of sp³-hybridized carbons (Fsp3) is 0.200. The van der Waals surface area contributed by atoms with Gasteiger partial charge in [0.1, 0.15) is 10.3 Å². The first-order valence-corrected chi connectivity index (χ1v) is 12.3. The Morgan fingerprint density at radius 1 is 0.600 bits per heavy atom. The van der Waals surface area contributed by atoms with Gasteiger partial charge in [-0.25, -0.2) is 19.9 Å². The van der Waals surface area contributed by atoms with Gasteiger partial charge >= 0.3 is 0 Å². The van der Waals surface area contributed by atoms with Crippen molar-refractivity contribution < 1.29 is 0 Å². The Hall–Kier alpha value is -1.28. The van der Waals surface area contributed by atoms with Gasteiger partial charge in [0.25, 0.3) is 0 Å². The Morgan fingerprint density at radius 3 is 1.37 bits per heavy atom. The second kappa shape index (κ2) is 8.34. The molecule has 0 radical (unpaired) electrons. The highest BCUT2D eigenvalue weighted by atomic mass is 35.5. The van der Waals surface area contributed by atoms with E-state index < -0.39 is 0 Å². The molecule has 5 rings (SSSR count). The molecule has 152 valence electrons. The molecule has 0 N–H and O–H groups in total. The van der Waals surface area contributed by atoms with E-state index in [0.29, 0.717) is 10.3 Å². The number of thiophene rings is 2. The average Bonchev–Trinajstić information content (AvgIpc) is 3.33. The lowest BCUT2D eigenvalue weighted by atomic mass is 9.51. The van der Waals surface area contributed by atoms with Gasteiger partial charge in [0.2, 0.25) is 10.6 Å². The third-order valence-corrected chi connectivity index (χ3v) is 7.59. The smallest absolute Gasteiger partial charge is 0.223 e. The van der Waals surface area contributed by atoms with E-state index in [-0.39, 0.29) is 34.2 Å². The van der Waals surface area contributed by atoms with Crippen LogP contribution in [0.1, 0.15) is 46.2 Å². The maximum Gasteiger partial charge on any atom is 0.224 e. The Balaban J connectivity index is 1.70. The van der Waals surface area contributed by atoms with Crippen LogP contribution in [0.3, 0.4) is 0 Å². The van der Waals surface area contributed by atoms with Gasteiger partial charge in [0, 0.05) is 23.7 Å². The molecule has 4 aromatic rings. The molecule has 0 unspecified atom stereocenters. The van der Waals surface area contributed by atoms with E-state index in [1.165, 1.54) is 11.1 Å². The van der Waals surface area contributed by atoms with E-state index in [4.69, 9.17) is 46.4 Å². The summed E-state index contributed by atoms with van der Waals surface area (Å²) in [6.45, 7) is 0. The van der Waals surface area contributed by atoms with Gasteiger partial charge in [-0.05, 0) is 80.1 Å². The van der Waals surface area contributed by atoms with Gasteiger partial charge in [-0.3, -0.25) is 0 Å². The normalized spacial score (nSPS) is 23.3. The van der Waals surface area contributed by atoms with E-state index in [9.17, 15) is 0 Å². The van der Waals surface area contributed by atoms with Crippen LogP contribution in [0.15, 0.2) is 45.8 Å². The number of hydrogen-bond donors (Lipinski definition) is 0. The zero-order chi connectivity index (χ0) is 20.8. The van der Waals surface area contributed by atoms with Crippen molar-refractivity contribution in [3.8, 4) is 0 Å². The third kappa shape index (κ3) is 3.74. The SMILES string of the molecule is Clc1cc(C2C(c3ccsc3)C(c3cc(Cl)nc(Cl)n3)C2c2ccsc2)nc(Cl)n1. The second-order valence-electron chi connectivity index (χ2n) is 6.99. The highest BCUT2D eigenvalue weighted by molar-refractivity contribution is 7.08. The second-order valence-corrected chi connectivity index (χ2v) is 10.00. The van der Waals surface area contributed by atoms with Crippen LogP contribution in [0, 0.1) is 0 Å². The Morgan fingerprint density at radius 2 is 1.03 bits per heavy atom. The largest absolute Gasteiger partial charge is 0.224 e. The first kappa shape index (κ1) is 20.6. The van der Waals surface area contributed by atoms with Crippen molar-refractivity contribution in [3.63, 3.8) is 0 Å². The van der Waals surface area contributed by atoms with Crippen molar-refractivity contribution in [3.05, 3.63) is 89.2 Å². The monoisotopic (exact) mass is 512 g/mol. The summed E-state index contributed by atoms with van der Waals surface area (Å²) in [5.74, 6) is 0.296. The summed E-state index contributed by atoms with van der Waals surface area (Å²) in [5, 5.41) is 9.39. The van der Waals surface area contributed by atoms with Crippen molar-refractivity contribution in [2.45, 2.75) is 23.7 Å². The lowest BCUT2D eigenvalue weighted by Crippen LogP contribution is -2.40. The van der Waals surface area contributed by atoms with E-state index in [2.05, 4.69) is 53.6 Å². The molecule has 0 spiro atoms. The van der Waals surface area contributed by atoms with Crippen molar-refractivity contribution in [2.24, 2.45) is 0 Å². The first-order chi connectivity index (χ1) is 14.5. The first-order valence-electron chi connectivity index (χ1n) is 8.95. The van der Waals surface area contributed by atoms with Gasteiger partial charge in [-0.1, -0.05) is 23.2 Å². The molecule has 0 atom stereocenters. The van der Waals surface area contributed by atoms with Gasteiger partial charge in [-0.2, -0.15) is 22.7 Å². The molecule has 10 heteroatoms. The van der Waals surface area contributed by atoms with Crippen LogP contribution in [-0.2, 0) is 0 Å². The van der Waals surface area contributed by atoms with Crippen LogP contribution in [-0.4, -0.2) is 19.9 Å². The molecule has 0 aliphatic heterocycles. The van der Waals surface area contributed by atoms with Crippen LogP contribution in [0.5, 0.6) is 0 Å². The molecule has 1 aliphatic carbocycles. The minimum Gasteiger partial charge on any atom is -0.223 e. The number of nitrogens with zero attached hydrogens (tertiary/aromatic N) is 4. The van der Waals surface area contributed by atoms with Crippen LogP contribution >= 0.6 is 69.1 Å². The lowest BCUT2D eigenvalue weighted by Gasteiger charge is -2.51. The fourth-order valence-corrected chi connectivity index (χ4v) is 6.66. The van der Waals surface area contributed by atoms with Crippen molar-refractivity contribution in [1.29, 1.82) is 0 Å². The number of rotatable bonds is 4. The zero-order valence-electron chi connectivity index (χ0n) is 15.0. The summed E-state index contributed by atoms with van der Waals surface area (Å²) in [7, 11) is 0. The fourth-order valence-electron chi connectivity index (χ4n) is 4.40. The Kier molecular flexibility index (Phi) is 5.73. The van der Waals surface area contributed by atoms with Crippen LogP contribution in [0.2, 0.25) is 20.9 Å². The van der Waals surface area contributed by atoms with Gasteiger partial charge < -0.3 is 0 Å². The predicted molar refractivity (Wildman–Crippen MR) is 124 cm³/mol. The van der Waals surface area contributed by atoms with Gasteiger partial charge in [0.15, 0.2) is 0 Å². The average molecular weight is 514 g/mol. The maximum absolute atomic E-state index is 6.23. The Bertz CT molecular complexity index is 1040. The van der Waals surface area contributed by atoms with E-state index in [1.807, 2.05) is 0 Å². The zero-order valence-corrected chi connectivity index (χ0v) is 19.7. The van der Waals surface area contributed by atoms with E-state index >= 15 is 0 Å². The number of hydrogen-bond acceptors (Lipinski definition) is 6. The van der Waals surface area contributed by atoms with Crippen molar-refractivity contribution in [1.82, 2.24) is 19.9 Å². The van der Waals surface area contributed by atoms with Crippen LogP contribution in [0.25, 0.3) is 0 Å². The quantitative estimate of drug-likeness (QED) is 0.210. The molecule has 0 saturated heterocycles. The third-order valence-electron chi connectivity index (χ3n) is 5.46. The topological polar surface area (TPSA) is 51.6 Å². The maximum atomic E-state index is 6.23. The summed E-state index contributed by atoms with van der Waals surface area (Å²) >= 11 is 28.1.